The van der Waals surface area contributed by atoms with Gasteiger partial charge in [-0.05, 0) is 15.9 Å². The van der Waals surface area contributed by atoms with Crippen molar-refractivity contribution in [3.8, 4) is 5.88 Å². The predicted molar refractivity (Wildman–Crippen MR) is 65.8 cm³/mol. The number of aliphatic hydroxyl groups excluding tert-OH is 1. The maximum atomic E-state index is 8.93. The Hall–Kier alpha value is -1.14. The van der Waals surface area contributed by atoms with Crippen LogP contribution in [0.4, 0.5) is 5.95 Å². The summed E-state index contributed by atoms with van der Waals surface area (Å²) in [6.45, 7) is 4.72. The van der Waals surface area contributed by atoms with E-state index in [2.05, 4.69) is 32.5 Å². The van der Waals surface area contributed by atoms with Gasteiger partial charge < -0.3 is 14.7 Å². The van der Waals surface area contributed by atoms with Crippen molar-refractivity contribution in [3.05, 3.63) is 23.3 Å². The average molecular weight is 288 g/mol. The van der Waals surface area contributed by atoms with Crippen molar-refractivity contribution in [2.45, 2.75) is 0 Å². The summed E-state index contributed by atoms with van der Waals surface area (Å²) in [6.07, 6.45) is 3.35. The van der Waals surface area contributed by atoms with Gasteiger partial charge in [-0.3, -0.25) is 0 Å². The highest BCUT2D eigenvalue weighted by Crippen LogP contribution is 2.23. The van der Waals surface area contributed by atoms with Crippen LogP contribution in [-0.2, 0) is 0 Å². The van der Waals surface area contributed by atoms with E-state index >= 15 is 0 Å². The van der Waals surface area contributed by atoms with Gasteiger partial charge in [0.15, 0.2) is 0 Å². The standard InChI is InChI=1S/C10H14BrN3O2/c1-3-4-14(5-6-15)10-12-7-8(11)9(13-10)16-2/h3,7,15H,1,4-6H2,2H3. The fourth-order valence-electron chi connectivity index (χ4n) is 1.19. The zero-order valence-corrected chi connectivity index (χ0v) is 10.6. The number of halogens is 1. The molecule has 1 aromatic rings. The summed E-state index contributed by atoms with van der Waals surface area (Å²) in [7, 11) is 1.54. The van der Waals surface area contributed by atoms with Gasteiger partial charge in [0.25, 0.3) is 0 Å². The van der Waals surface area contributed by atoms with Crippen molar-refractivity contribution in [1.29, 1.82) is 0 Å². The van der Waals surface area contributed by atoms with Gasteiger partial charge in [0, 0.05) is 13.1 Å². The van der Waals surface area contributed by atoms with Gasteiger partial charge in [0.1, 0.15) is 0 Å². The minimum absolute atomic E-state index is 0.0373. The minimum Gasteiger partial charge on any atom is -0.480 e. The molecule has 1 heterocycles. The van der Waals surface area contributed by atoms with Crippen LogP contribution in [0.25, 0.3) is 0 Å². The molecule has 0 spiro atoms. The lowest BCUT2D eigenvalue weighted by Crippen LogP contribution is -2.28. The number of ether oxygens (including phenoxy) is 1. The lowest BCUT2D eigenvalue weighted by molar-refractivity contribution is 0.302. The van der Waals surface area contributed by atoms with Crippen LogP contribution >= 0.6 is 15.9 Å². The van der Waals surface area contributed by atoms with Crippen molar-refractivity contribution in [1.82, 2.24) is 9.97 Å². The van der Waals surface area contributed by atoms with Gasteiger partial charge in [-0.2, -0.15) is 4.98 Å². The van der Waals surface area contributed by atoms with E-state index in [1.807, 2.05) is 4.90 Å². The Morgan fingerprint density at radius 1 is 1.69 bits per heavy atom. The van der Waals surface area contributed by atoms with Crippen molar-refractivity contribution < 1.29 is 9.84 Å². The topological polar surface area (TPSA) is 58.5 Å². The quantitative estimate of drug-likeness (QED) is 0.798. The molecule has 0 aliphatic carbocycles. The molecule has 0 saturated heterocycles. The van der Waals surface area contributed by atoms with Gasteiger partial charge in [0.2, 0.25) is 11.8 Å². The average Bonchev–Trinajstić information content (AvgIpc) is 2.29. The fraction of sp³-hybridized carbons (Fsp3) is 0.400. The number of hydrogen-bond acceptors (Lipinski definition) is 5. The van der Waals surface area contributed by atoms with Gasteiger partial charge in [-0.15, -0.1) is 6.58 Å². The van der Waals surface area contributed by atoms with Crippen molar-refractivity contribution >= 4 is 21.9 Å². The normalized spacial score (nSPS) is 9.94. The molecule has 1 rings (SSSR count). The summed E-state index contributed by atoms with van der Waals surface area (Å²) in [5.74, 6) is 0.978. The summed E-state index contributed by atoms with van der Waals surface area (Å²) in [6, 6.07) is 0. The Labute approximate surface area is 103 Å². The molecule has 0 aliphatic heterocycles. The summed E-state index contributed by atoms with van der Waals surface area (Å²) in [4.78, 5) is 10.2. The minimum atomic E-state index is 0.0373. The number of aliphatic hydroxyl groups is 1. The second-order valence-corrected chi connectivity index (χ2v) is 3.84. The fourth-order valence-corrected chi connectivity index (χ4v) is 1.54. The zero-order chi connectivity index (χ0) is 12.0. The first kappa shape index (κ1) is 12.9. The molecule has 0 aliphatic rings. The summed E-state index contributed by atoms with van der Waals surface area (Å²) in [5.41, 5.74) is 0. The molecule has 88 valence electrons. The van der Waals surface area contributed by atoms with Gasteiger partial charge in [-0.25, -0.2) is 4.98 Å². The summed E-state index contributed by atoms with van der Waals surface area (Å²) >= 11 is 3.28. The number of aromatic nitrogens is 2. The third-order valence-corrected chi connectivity index (χ3v) is 2.44. The largest absolute Gasteiger partial charge is 0.480 e. The van der Waals surface area contributed by atoms with Crippen LogP contribution in [0.1, 0.15) is 0 Å². The number of nitrogens with zero attached hydrogens (tertiary/aromatic N) is 3. The Kier molecular flexibility index (Phi) is 5.21. The third-order valence-electron chi connectivity index (χ3n) is 1.89. The van der Waals surface area contributed by atoms with Crippen molar-refractivity contribution in [2.75, 3.05) is 31.7 Å². The molecule has 0 amide bonds. The van der Waals surface area contributed by atoms with E-state index < -0.39 is 0 Å². The highest BCUT2D eigenvalue weighted by Gasteiger charge is 2.10. The molecule has 6 heteroatoms. The highest BCUT2D eigenvalue weighted by molar-refractivity contribution is 9.10. The zero-order valence-electron chi connectivity index (χ0n) is 9.06. The molecule has 0 saturated carbocycles. The lowest BCUT2D eigenvalue weighted by Gasteiger charge is -2.20. The van der Waals surface area contributed by atoms with E-state index in [1.165, 1.54) is 0 Å². The van der Waals surface area contributed by atoms with Crippen molar-refractivity contribution in [2.24, 2.45) is 0 Å². The molecule has 0 radical (unpaired) electrons. The Balaban J connectivity index is 2.94. The lowest BCUT2D eigenvalue weighted by atomic mass is 10.5. The van der Waals surface area contributed by atoms with Crippen molar-refractivity contribution in [3.63, 3.8) is 0 Å². The van der Waals surface area contributed by atoms with Crippen LogP contribution in [0.15, 0.2) is 23.3 Å². The van der Waals surface area contributed by atoms with Gasteiger partial charge in [0.05, 0.1) is 24.4 Å². The highest BCUT2D eigenvalue weighted by atomic mass is 79.9. The van der Waals surface area contributed by atoms with E-state index in [1.54, 1.807) is 19.4 Å². The number of anilines is 1. The smallest absolute Gasteiger partial charge is 0.232 e. The second kappa shape index (κ2) is 6.44. The Morgan fingerprint density at radius 2 is 2.44 bits per heavy atom. The van der Waals surface area contributed by atoms with Crippen LogP contribution in [0.2, 0.25) is 0 Å². The molecule has 0 aromatic carbocycles. The van der Waals surface area contributed by atoms with Crippen LogP contribution in [0, 0.1) is 0 Å². The van der Waals surface area contributed by atoms with Gasteiger partial charge >= 0.3 is 0 Å². The van der Waals surface area contributed by atoms with E-state index in [-0.39, 0.29) is 6.61 Å². The molecule has 1 N–H and O–H groups in total. The summed E-state index contributed by atoms with van der Waals surface area (Å²) < 4.78 is 5.77. The molecule has 5 nitrogen and oxygen atoms in total. The van der Waals surface area contributed by atoms with E-state index in [0.717, 1.165) is 0 Å². The van der Waals surface area contributed by atoms with E-state index in [9.17, 15) is 0 Å². The van der Waals surface area contributed by atoms with Gasteiger partial charge in [-0.1, -0.05) is 6.08 Å². The molecule has 0 fully saturated rings. The SMILES string of the molecule is C=CCN(CCO)c1ncc(Br)c(OC)n1. The maximum Gasteiger partial charge on any atom is 0.232 e. The Morgan fingerprint density at radius 3 is 3.00 bits per heavy atom. The molecule has 16 heavy (non-hydrogen) atoms. The van der Waals surface area contributed by atoms with E-state index in [0.29, 0.717) is 29.4 Å². The summed E-state index contributed by atoms with van der Waals surface area (Å²) in [5, 5.41) is 8.93. The molecular formula is C10H14BrN3O2. The maximum absolute atomic E-state index is 8.93. The molecular weight excluding hydrogens is 274 g/mol. The predicted octanol–water partition coefficient (Wildman–Crippen LogP) is 1.23. The van der Waals surface area contributed by atoms with Crippen LogP contribution < -0.4 is 9.64 Å². The Bertz CT molecular complexity index is 360. The van der Waals surface area contributed by atoms with Crippen LogP contribution in [0.3, 0.4) is 0 Å². The van der Waals surface area contributed by atoms with E-state index in [4.69, 9.17) is 9.84 Å². The molecule has 1 aromatic heterocycles. The molecule has 0 atom stereocenters. The first-order valence-corrected chi connectivity index (χ1v) is 5.55. The number of rotatable bonds is 6. The second-order valence-electron chi connectivity index (χ2n) is 2.99. The van der Waals surface area contributed by atoms with Crippen LogP contribution in [-0.4, -0.2) is 41.9 Å². The number of methoxy groups -OCH3 is 1. The molecule has 0 unspecified atom stereocenters. The van der Waals surface area contributed by atoms with Crippen LogP contribution in [0.5, 0.6) is 5.88 Å². The number of hydrogen-bond donors (Lipinski definition) is 1. The molecule has 0 bridgehead atoms. The first-order valence-electron chi connectivity index (χ1n) is 4.76. The first-order chi connectivity index (χ1) is 7.72. The monoisotopic (exact) mass is 287 g/mol. The third kappa shape index (κ3) is 3.18.